The number of nitrogens with zero attached hydrogens (tertiary/aromatic N) is 1. The van der Waals surface area contributed by atoms with E-state index in [9.17, 15) is 14.4 Å². The van der Waals surface area contributed by atoms with Crippen LogP contribution >= 0.6 is 0 Å². The van der Waals surface area contributed by atoms with Gasteiger partial charge in [-0.15, -0.1) is 0 Å². The fourth-order valence-corrected chi connectivity index (χ4v) is 2.22. The largest absolute Gasteiger partial charge is 0.444 e. The quantitative estimate of drug-likeness (QED) is 0.815. The summed E-state index contributed by atoms with van der Waals surface area (Å²) in [5.41, 5.74) is 0.544. The lowest BCUT2D eigenvalue weighted by Crippen LogP contribution is -2.40. The number of aliphatic hydroxyl groups excluding tert-OH is 1. The Bertz CT molecular complexity index is 648. The van der Waals surface area contributed by atoms with Crippen molar-refractivity contribution in [2.24, 2.45) is 0 Å². The van der Waals surface area contributed by atoms with Crippen LogP contribution in [0.25, 0.3) is 0 Å². The number of benzene rings is 1. The van der Waals surface area contributed by atoms with Crippen LogP contribution in [0.2, 0.25) is 0 Å². The van der Waals surface area contributed by atoms with Crippen LogP contribution < -0.4 is 5.32 Å². The van der Waals surface area contributed by atoms with Gasteiger partial charge in [-0.2, -0.15) is 0 Å². The molecule has 0 aliphatic carbocycles. The minimum absolute atomic E-state index is 0.0556. The number of rotatable bonds is 4. The van der Waals surface area contributed by atoms with Gasteiger partial charge in [-0.25, -0.2) is 4.79 Å². The maximum atomic E-state index is 12.3. The molecule has 0 bridgehead atoms. The van der Waals surface area contributed by atoms with Gasteiger partial charge in [0, 0.05) is 13.1 Å². The molecule has 2 rings (SSSR count). The Morgan fingerprint density at radius 1 is 1.22 bits per heavy atom. The van der Waals surface area contributed by atoms with E-state index in [1.54, 1.807) is 26.8 Å². The van der Waals surface area contributed by atoms with Gasteiger partial charge in [0.05, 0.1) is 17.7 Å². The van der Waals surface area contributed by atoms with Crippen LogP contribution in [0.15, 0.2) is 18.2 Å². The first-order valence-electron chi connectivity index (χ1n) is 7.30. The Labute approximate surface area is 134 Å². The Hall–Kier alpha value is -2.41. The predicted molar refractivity (Wildman–Crippen MR) is 82.0 cm³/mol. The van der Waals surface area contributed by atoms with Crippen molar-refractivity contribution in [2.75, 3.05) is 13.1 Å². The van der Waals surface area contributed by atoms with E-state index >= 15 is 0 Å². The summed E-state index contributed by atoms with van der Waals surface area (Å²) < 4.78 is 5.08. The molecule has 1 aliphatic heterocycles. The number of ether oxygens (including phenoxy) is 1. The molecule has 0 saturated heterocycles. The van der Waals surface area contributed by atoms with E-state index in [1.165, 1.54) is 12.1 Å². The maximum absolute atomic E-state index is 12.3. The SMILES string of the molecule is CC(C)(C)OC(=O)NCCN1C(=O)c2ccc(CO)cc2C1=O. The third-order valence-electron chi connectivity index (χ3n) is 3.22. The average molecular weight is 320 g/mol. The summed E-state index contributed by atoms with van der Waals surface area (Å²) in [4.78, 5) is 37.1. The summed E-state index contributed by atoms with van der Waals surface area (Å²) in [6, 6.07) is 4.64. The first-order chi connectivity index (χ1) is 10.7. The number of imide groups is 1. The van der Waals surface area contributed by atoms with E-state index in [-0.39, 0.29) is 25.3 Å². The molecule has 0 radical (unpaired) electrons. The van der Waals surface area contributed by atoms with Crippen LogP contribution in [0, 0.1) is 0 Å². The second-order valence-corrected chi connectivity index (χ2v) is 6.23. The second-order valence-electron chi connectivity index (χ2n) is 6.23. The second kappa shape index (κ2) is 6.37. The molecule has 2 N–H and O–H groups in total. The van der Waals surface area contributed by atoms with E-state index in [4.69, 9.17) is 9.84 Å². The highest BCUT2D eigenvalue weighted by atomic mass is 16.6. The molecule has 124 valence electrons. The van der Waals surface area contributed by atoms with Gasteiger partial charge >= 0.3 is 6.09 Å². The van der Waals surface area contributed by atoms with E-state index in [0.29, 0.717) is 11.1 Å². The molecule has 3 amide bonds. The molecule has 7 nitrogen and oxygen atoms in total. The van der Waals surface area contributed by atoms with Crippen LogP contribution in [0.1, 0.15) is 47.1 Å². The predicted octanol–water partition coefficient (Wildman–Crippen LogP) is 1.30. The van der Waals surface area contributed by atoms with Gasteiger partial charge in [0.1, 0.15) is 5.60 Å². The normalized spacial score (nSPS) is 14.0. The molecule has 23 heavy (non-hydrogen) atoms. The highest BCUT2D eigenvalue weighted by Gasteiger charge is 2.35. The van der Waals surface area contributed by atoms with Crippen molar-refractivity contribution in [3.8, 4) is 0 Å². The third-order valence-corrected chi connectivity index (χ3v) is 3.22. The van der Waals surface area contributed by atoms with Gasteiger partial charge in [0.25, 0.3) is 11.8 Å². The molecule has 0 fully saturated rings. The fourth-order valence-electron chi connectivity index (χ4n) is 2.22. The molecule has 0 atom stereocenters. The highest BCUT2D eigenvalue weighted by Crippen LogP contribution is 2.23. The van der Waals surface area contributed by atoms with Crippen LogP contribution in [0.4, 0.5) is 4.79 Å². The minimum atomic E-state index is -0.611. The first-order valence-corrected chi connectivity index (χ1v) is 7.30. The van der Waals surface area contributed by atoms with Gasteiger partial charge in [-0.3, -0.25) is 14.5 Å². The van der Waals surface area contributed by atoms with Crippen LogP contribution in [-0.4, -0.2) is 46.6 Å². The number of amides is 3. The molecule has 1 aromatic carbocycles. The van der Waals surface area contributed by atoms with Crippen LogP contribution in [0.3, 0.4) is 0 Å². The third kappa shape index (κ3) is 3.87. The standard InChI is InChI=1S/C16H20N2O5/c1-16(2,3)23-15(22)17-6-7-18-13(20)11-5-4-10(9-19)8-12(11)14(18)21/h4-5,8,19H,6-7,9H2,1-3H3,(H,17,22). The van der Waals surface area contributed by atoms with E-state index in [1.807, 2.05) is 0 Å². The summed E-state index contributed by atoms with van der Waals surface area (Å²) in [7, 11) is 0. The molecule has 7 heteroatoms. The molecule has 0 aromatic heterocycles. The smallest absolute Gasteiger partial charge is 0.407 e. The Kier molecular flexibility index (Phi) is 4.70. The number of fused-ring (bicyclic) bond motifs is 1. The van der Waals surface area contributed by atoms with Crippen molar-refractivity contribution in [2.45, 2.75) is 33.0 Å². The average Bonchev–Trinajstić information content (AvgIpc) is 2.69. The van der Waals surface area contributed by atoms with Crippen molar-refractivity contribution < 1.29 is 24.2 Å². The molecule has 0 unspecified atom stereocenters. The Morgan fingerprint density at radius 2 is 1.87 bits per heavy atom. The summed E-state index contributed by atoms with van der Waals surface area (Å²) in [5.74, 6) is -0.827. The van der Waals surface area contributed by atoms with Crippen molar-refractivity contribution in [1.29, 1.82) is 0 Å². The summed E-state index contributed by atoms with van der Waals surface area (Å²) in [5, 5.41) is 11.6. The van der Waals surface area contributed by atoms with Crippen LogP contribution in [0.5, 0.6) is 0 Å². The lowest BCUT2D eigenvalue weighted by Gasteiger charge is -2.20. The minimum Gasteiger partial charge on any atom is -0.444 e. The summed E-state index contributed by atoms with van der Waals surface area (Å²) in [6.07, 6.45) is -0.600. The monoisotopic (exact) mass is 320 g/mol. The molecule has 0 saturated carbocycles. The zero-order valence-electron chi connectivity index (χ0n) is 13.4. The van der Waals surface area contributed by atoms with Gasteiger partial charge < -0.3 is 15.2 Å². The fraction of sp³-hybridized carbons (Fsp3) is 0.438. The number of hydrogen-bond donors (Lipinski definition) is 2. The number of carbonyl (C=O) groups excluding carboxylic acids is 3. The molecule has 1 aliphatic rings. The van der Waals surface area contributed by atoms with Crippen molar-refractivity contribution in [3.63, 3.8) is 0 Å². The molecular weight excluding hydrogens is 300 g/mol. The highest BCUT2D eigenvalue weighted by molar-refractivity contribution is 6.21. The topological polar surface area (TPSA) is 95.9 Å². The number of carbonyl (C=O) groups is 3. The number of hydrogen-bond acceptors (Lipinski definition) is 5. The molecule has 1 heterocycles. The number of aliphatic hydroxyl groups is 1. The summed E-state index contributed by atoms with van der Waals surface area (Å²) in [6.45, 7) is 5.20. The lowest BCUT2D eigenvalue weighted by atomic mass is 10.1. The number of nitrogens with one attached hydrogen (secondary N) is 1. The Balaban J connectivity index is 1.96. The molecule has 0 spiro atoms. The van der Waals surface area contributed by atoms with E-state index < -0.39 is 23.5 Å². The van der Waals surface area contributed by atoms with Crippen molar-refractivity contribution in [1.82, 2.24) is 10.2 Å². The van der Waals surface area contributed by atoms with Gasteiger partial charge in [0.2, 0.25) is 0 Å². The van der Waals surface area contributed by atoms with Crippen LogP contribution in [-0.2, 0) is 11.3 Å². The lowest BCUT2D eigenvalue weighted by molar-refractivity contribution is 0.0504. The zero-order chi connectivity index (χ0) is 17.2. The summed E-state index contributed by atoms with van der Waals surface area (Å²) >= 11 is 0. The van der Waals surface area contributed by atoms with Crippen molar-refractivity contribution >= 4 is 17.9 Å². The Morgan fingerprint density at radius 3 is 2.48 bits per heavy atom. The first kappa shape index (κ1) is 17.0. The maximum Gasteiger partial charge on any atom is 0.407 e. The van der Waals surface area contributed by atoms with Gasteiger partial charge in [-0.05, 0) is 38.5 Å². The van der Waals surface area contributed by atoms with Crippen molar-refractivity contribution in [3.05, 3.63) is 34.9 Å². The van der Waals surface area contributed by atoms with Gasteiger partial charge in [-0.1, -0.05) is 6.07 Å². The zero-order valence-corrected chi connectivity index (χ0v) is 13.4. The molecular formula is C16H20N2O5. The number of alkyl carbamates (subject to hydrolysis) is 1. The van der Waals surface area contributed by atoms with E-state index in [0.717, 1.165) is 4.90 Å². The van der Waals surface area contributed by atoms with Gasteiger partial charge in [0.15, 0.2) is 0 Å². The van der Waals surface area contributed by atoms with E-state index in [2.05, 4.69) is 5.32 Å². The molecule has 1 aromatic rings.